The Morgan fingerprint density at radius 2 is 1.75 bits per heavy atom. The summed E-state index contributed by atoms with van der Waals surface area (Å²) >= 11 is 8.02. The van der Waals surface area contributed by atoms with E-state index in [2.05, 4.69) is 10.2 Å². The second kappa shape index (κ2) is 17.9. The Morgan fingerprint density at radius 1 is 0.961 bits per heavy atom. The van der Waals surface area contributed by atoms with Crippen molar-refractivity contribution in [2.75, 3.05) is 46.8 Å². The van der Waals surface area contributed by atoms with Gasteiger partial charge in [-0.1, -0.05) is 54.1 Å². The zero-order chi connectivity index (χ0) is 36.5. The molecule has 2 aromatic carbocycles. The third-order valence-corrected chi connectivity index (χ3v) is 11.0. The fourth-order valence-electron chi connectivity index (χ4n) is 6.70. The maximum absolute atomic E-state index is 14.8. The summed E-state index contributed by atoms with van der Waals surface area (Å²) in [7, 11) is 4.02. The normalized spacial score (nSPS) is 19.2. The molecule has 1 N–H and O–H groups in total. The molecule has 11 nitrogen and oxygen atoms in total. The monoisotopic (exact) mass is 737 g/mol. The van der Waals surface area contributed by atoms with Gasteiger partial charge in [-0.25, -0.2) is 9.59 Å². The van der Waals surface area contributed by atoms with Crippen LogP contribution in [-0.4, -0.2) is 103 Å². The highest BCUT2D eigenvalue weighted by Gasteiger charge is 2.46. The fourth-order valence-corrected chi connectivity index (χ4v) is 7.59. The van der Waals surface area contributed by atoms with E-state index in [0.29, 0.717) is 11.6 Å². The van der Waals surface area contributed by atoms with E-state index in [4.69, 9.17) is 21.1 Å². The summed E-state index contributed by atoms with van der Waals surface area (Å²) in [6.45, 7) is 5.49. The highest BCUT2D eigenvalue weighted by Crippen LogP contribution is 2.33. The molecular formula is C38H48ClN5O6S. The van der Waals surface area contributed by atoms with Crippen molar-refractivity contribution in [1.82, 2.24) is 24.9 Å². The summed E-state index contributed by atoms with van der Waals surface area (Å²) in [5.74, 6) is -0.603. The van der Waals surface area contributed by atoms with Gasteiger partial charge in [-0.15, -0.1) is 11.3 Å². The standard InChI is InChI=1S/C38H48ClN5O6S/c1-26-16-17-32(33(39)27(26)2)50-37(47)42-20-21-43(31(24-42)35(45)40-23-30-15-10-22-51-30)36(46)34-29(13-8-18-41(3)4)14-9-19-44(34)38(48)49-25-28-11-6-5-7-12-28/h5-7,10-12,15-17,22,29,31,34H,8-9,13-14,18-21,23-25H2,1-4H3,(H,40,45)/t29-,31-,34-/m0/s1. The van der Waals surface area contributed by atoms with E-state index in [1.807, 2.05) is 81.9 Å². The lowest BCUT2D eigenvalue weighted by Gasteiger charge is -2.46. The molecule has 0 radical (unpaired) electrons. The Hall–Kier alpha value is -4.13. The molecule has 0 bridgehead atoms. The van der Waals surface area contributed by atoms with Gasteiger partial charge < -0.3 is 29.5 Å². The number of hydrogen-bond donors (Lipinski definition) is 1. The lowest BCUT2D eigenvalue weighted by atomic mass is 9.84. The number of nitrogens with one attached hydrogen (secondary N) is 1. The number of likely N-dealkylation sites (tertiary alicyclic amines) is 1. The van der Waals surface area contributed by atoms with E-state index in [1.165, 1.54) is 16.2 Å². The summed E-state index contributed by atoms with van der Waals surface area (Å²) < 4.78 is 11.5. The molecule has 13 heteroatoms. The maximum atomic E-state index is 14.8. The number of ether oxygens (including phenoxy) is 2. The van der Waals surface area contributed by atoms with Gasteiger partial charge in [0.15, 0.2) is 5.75 Å². The Balaban J connectivity index is 1.39. The first kappa shape index (κ1) is 38.1. The molecule has 2 fully saturated rings. The van der Waals surface area contributed by atoms with Crippen molar-refractivity contribution < 1.29 is 28.7 Å². The number of carbonyl (C=O) groups excluding carboxylic acids is 4. The zero-order valence-corrected chi connectivity index (χ0v) is 31.4. The van der Waals surface area contributed by atoms with Crippen molar-refractivity contribution >= 4 is 46.9 Å². The molecule has 3 aromatic rings. The van der Waals surface area contributed by atoms with Crippen molar-refractivity contribution in [3.05, 3.63) is 86.6 Å². The van der Waals surface area contributed by atoms with Gasteiger partial charge in [-0.3, -0.25) is 14.5 Å². The minimum Gasteiger partial charge on any atom is -0.445 e. The fraction of sp³-hybridized carbons (Fsp3) is 0.474. The number of hydrogen-bond acceptors (Lipinski definition) is 8. The highest BCUT2D eigenvalue weighted by molar-refractivity contribution is 7.09. The number of carbonyl (C=O) groups is 4. The van der Waals surface area contributed by atoms with Gasteiger partial charge >= 0.3 is 12.2 Å². The van der Waals surface area contributed by atoms with Crippen LogP contribution >= 0.6 is 22.9 Å². The first-order valence-electron chi connectivity index (χ1n) is 17.5. The number of amides is 4. The molecule has 0 saturated carbocycles. The van der Waals surface area contributed by atoms with Gasteiger partial charge in [0.25, 0.3) is 0 Å². The van der Waals surface area contributed by atoms with Crippen LogP contribution in [0.2, 0.25) is 5.02 Å². The second-order valence-electron chi connectivity index (χ2n) is 13.5. The van der Waals surface area contributed by atoms with Crippen molar-refractivity contribution in [2.45, 2.75) is 64.8 Å². The Morgan fingerprint density at radius 3 is 2.47 bits per heavy atom. The predicted octanol–water partition coefficient (Wildman–Crippen LogP) is 6.11. The molecule has 1 aromatic heterocycles. The second-order valence-corrected chi connectivity index (χ2v) is 14.9. The quantitative estimate of drug-likeness (QED) is 0.253. The number of rotatable bonds is 11. The average molecular weight is 738 g/mol. The maximum Gasteiger partial charge on any atom is 0.415 e. The number of piperazine rings is 1. The minimum atomic E-state index is -1.01. The molecule has 0 spiro atoms. The number of benzene rings is 2. The Labute approximate surface area is 309 Å². The van der Waals surface area contributed by atoms with E-state index in [-0.39, 0.29) is 50.4 Å². The van der Waals surface area contributed by atoms with Crippen LogP contribution in [0.5, 0.6) is 5.75 Å². The predicted molar refractivity (Wildman–Crippen MR) is 198 cm³/mol. The van der Waals surface area contributed by atoms with E-state index in [0.717, 1.165) is 53.8 Å². The van der Waals surface area contributed by atoms with Gasteiger partial charge in [0, 0.05) is 24.5 Å². The summed E-state index contributed by atoms with van der Waals surface area (Å²) in [6.07, 6.45) is 1.87. The third kappa shape index (κ3) is 9.81. The molecule has 2 aliphatic rings. The van der Waals surface area contributed by atoms with Crippen LogP contribution in [0.3, 0.4) is 0 Å². The first-order valence-corrected chi connectivity index (χ1v) is 18.7. The molecule has 0 unspecified atom stereocenters. The number of nitrogens with zero attached hydrogens (tertiary/aromatic N) is 4. The smallest absolute Gasteiger partial charge is 0.415 e. The van der Waals surface area contributed by atoms with E-state index in [1.54, 1.807) is 15.9 Å². The summed E-state index contributed by atoms with van der Waals surface area (Å²) in [5, 5.41) is 5.25. The van der Waals surface area contributed by atoms with Crippen molar-refractivity contribution in [3.8, 4) is 5.75 Å². The van der Waals surface area contributed by atoms with Crippen molar-refractivity contribution in [2.24, 2.45) is 5.92 Å². The Bertz CT molecular complexity index is 1660. The summed E-state index contributed by atoms with van der Waals surface area (Å²) in [5.41, 5.74) is 2.62. The van der Waals surface area contributed by atoms with Gasteiger partial charge in [-0.05, 0) is 100 Å². The van der Waals surface area contributed by atoms with Crippen LogP contribution in [-0.2, 0) is 27.5 Å². The van der Waals surface area contributed by atoms with Crippen LogP contribution in [0.15, 0.2) is 60.0 Å². The van der Waals surface area contributed by atoms with E-state index < -0.39 is 30.2 Å². The molecule has 3 heterocycles. The lowest BCUT2D eigenvalue weighted by Crippen LogP contribution is -2.66. The molecule has 274 valence electrons. The van der Waals surface area contributed by atoms with Gasteiger partial charge in [0.1, 0.15) is 18.7 Å². The molecular weight excluding hydrogens is 690 g/mol. The van der Waals surface area contributed by atoms with E-state index in [9.17, 15) is 19.2 Å². The van der Waals surface area contributed by atoms with Crippen LogP contribution in [0.4, 0.5) is 9.59 Å². The molecule has 3 atom stereocenters. The number of halogens is 1. The number of piperidine rings is 1. The lowest BCUT2D eigenvalue weighted by molar-refractivity contribution is -0.150. The molecule has 0 aliphatic carbocycles. The molecule has 2 aliphatic heterocycles. The van der Waals surface area contributed by atoms with Gasteiger partial charge in [0.2, 0.25) is 11.8 Å². The van der Waals surface area contributed by atoms with Crippen LogP contribution in [0, 0.1) is 19.8 Å². The first-order chi connectivity index (χ1) is 24.5. The molecule has 5 rings (SSSR count). The van der Waals surface area contributed by atoms with Gasteiger partial charge in [-0.2, -0.15) is 0 Å². The van der Waals surface area contributed by atoms with Crippen LogP contribution in [0.1, 0.15) is 47.3 Å². The van der Waals surface area contributed by atoms with Crippen molar-refractivity contribution in [1.29, 1.82) is 0 Å². The summed E-state index contributed by atoms with van der Waals surface area (Å²) in [6, 6.07) is 14.9. The topological polar surface area (TPSA) is 112 Å². The Kier molecular flexibility index (Phi) is 13.4. The molecule has 4 amide bonds. The van der Waals surface area contributed by atoms with Crippen LogP contribution < -0.4 is 10.1 Å². The third-order valence-electron chi connectivity index (χ3n) is 9.69. The highest BCUT2D eigenvalue weighted by atomic mass is 35.5. The summed E-state index contributed by atoms with van der Waals surface area (Å²) in [4.78, 5) is 63.6. The molecule has 51 heavy (non-hydrogen) atoms. The number of aryl methyl sites for hydroxylation is 1. The van der Waals surface area contributed by atoms with Crippen LogP contribution in [0.25, 0.3) is 0 Å². The minimum absolute atomic E-state index is 0.0828. The van der Waals surface area contributed by atoms with Crippen molar-refractivity contribution in [3.63, 3.8) is 0 Å². The number of thiophene rings is 1. The zero-order valence-electron chi connectivity index (χ0n) is 29.8. The van der Waals surface area contributed by atoms with E-state index >= 15 is 0 Å². The average Bonchev–Trinajstić information content (AvgIpc) is 3.66. The SMILES string of the molecule is Cc1ccc(OC(=O)N2CCN(C(=O)[C@@H]3[C@@H](CCCN(C)C)CCCN3C(=O)OCc3ccccc3)[C@H](C(=O)NCc3cccs3)C2)c(Cl)c1C. The molecule has 2 saturated heterocycles. The largest absolute Gasteiger partial charge is 0.445 e. The van der Waals surface area contributed by atoms with Gasteiger partial charge in [0.05, 0.1) is 18.1 Å².